The largest absolute Gasteiger partial charge is 0.228 e. The van der Waals surface area contributed by atoms with E-state index >= 15 is 0 Å². The highest BCUT2D eigenvalue weighted by Crippen LogP contribution is 2.49. The second kappa shape index (κ2) is 31.6. The lowest BCUT2D eigenvalue weighted by Gasteiger charge is -2.03. The van der Waals surface area contributed by atoms with E-state index in [2.05, 4.69) is 159 Å². The van der Waals surface area contributed by atoms with Crippen molar-refractivity contribution in [3.63, 3.8) is 0 Å². The van der Waals surface area contributed by atoms with Gasteiger partial charge in [0.2, 0.25) is 0 Å². The highest BCUT2D eigenvalue weighted by molar-refractivity contribution is 7.30. The average Bonchev–Trinajstić information content (AvgIpc) is 2.35. The monoisotopic (exact) mass is 1340 g/mol. The van der Waals surface area contributed by atoms with Crippen LogP contribution >= 0.6 is 113 Å². The van der Waals surface area contributed by atoms with E-state index in [9.17, 15) is 0 Å². The van der Waals surface area contributed by atoms with Gasteiger partial charge in [0.05, 0.1) is 20.4 Å². The lowest BCUT2D eigenvalue weighted by atomic mass is 10.0. The van der Waals surface area contributed by atoms with Crippen LogP contribution in [0.1, 0.15) is 188 Å². The smallest absolute Gasteiger partial charge is 0.168 e. The molecule has 0 saturated carbocycles. The Balaban J connectivity index is 0.744. The van der Waals surface area contributed by atoms with E-state index in [-0.39, 0.29) is 0 Å². The molecule has 0 spiro atoms. The molecule has 12 heteroatoms. The minimum atomic E-state index is 0.831. The molecule has 0 unspecified atom stereocenters. The van der Waals surface area contributed by atoms with Crippen LogP contribution in [0.15, 0.2) is 120 Å². The first-order chi connectivity index (χ1) is 43.4. The zero-order valence-electron chi connectivity index (χ0n) is 51.5. The summed E-state index contributed by atoms with van der Waals surface area (Å²) in [6.07, 6.45) is 30.6. The van der Waals surface area contributed by atoms with E-state index in [4.69, 9.17) is 9.97 Å². The summed E-state index contributed by atoms with van der Waals surface area (Å²) in [7, 11) is 0. The Hall–Kier alpha value is -4.62. The molecule has 12 aromatic rings. The highest BCUT2D eigenvalue weighted by atomic mass is 32.1. The normalized spacial score (nSPS) is 11.7. The van der Waals surface area contributed by atoms with Gasteiger partial charge in [0.1, 0.15) is 0 Å². The summed E-state index contributed by atoms with van der Waals surface area (Å²) < 4.78 is 2.34. The van der Waals surface area contributed by atoms with E-state index in [1.54, 1.807) is 22.7 Å². The van der Waals surface area contributed by atoms with Gasteiger partial charge in [-0.15, -0.1) is 113 Å². The maximum absolute atomic E-state index is 5.03. The molecule has 0 amide bonds. The van der Waals surface area contributed by atoms with Gasteiger partial charge in [0.15, 0.2) is 10.0 Å². The van der Waals surface area contributed by atoms with Gasteiger partial charge in [-0.2, -0.15) is 0 Å². The van der Waals surface area contributed by atoms with Gasteiger partial charge < -0.3 is 0 Å². The van der Waals surface area contributed by atoms with Crippen molar-refractivity contribution in [3.05, 3.63) is 152 Å². The molecule has 0 atom stereocenters. The summed E-state index contributed by atoms with van der Waals surface area (Å²) in [5.41, 5.74) is 10.5. The molecule has 2 nitrogen and oxygen atoms in total. The van der Waals surface area contributed by atoms with Crippen molar-refractivity contribution in [2.75, 3.05) is 0 Å². The first-order valence-electron chi connectivity index (χ1n) is 32.6. The first-order valence-corrected chi connectivity index (χ1v) is 40.8. The number of nitrogens with zero attached hydrogens (tertiary/aromatic N) is 2. The number of hydrogen-bond acceptors (Lipinski definition) is 12. The SMILES string of the molecule is CCCCCCCc1ccsc1-c1ccc(-c2ccc(-c3sc(-c4ccc5nc(C#Cc6nc7ccc(-c8cc(CCCCCCC)c(-c9ccc(-c%10ccc(-c%11sccc%11CCCCCCC)s%10)s9)s8)cc7s6)sc5c4)cc3CCCCCCC)s2)s1. The molecule has 0 fully saturated rings. The molecule has 88 heavy (non-hydrogen) atoms. The van der Waals surface area contributed by atoms with Gasteiger partial charge >= 0.3 is 0 Å². The molecule has 12 rings (SSSR count). The highest BCUT2D eigenvalue weighted by Gasteiger charge is 2.21. The van der Waals surface area contributed by atoms with E-state index in [1.165, 1.54) is 252 Å². The van der Waals surface area contributed by atoms with Gasteiger partial charge in [-0.1, -0.05) is 143 Å². The summed E-state index contributed by atoms with van der Waals surface area (Å²) in [5, 5.41) is 6.24. The number of hydrogen-bond donors (Lipinski definition) is 0. The summed E-state index contributed by atoms with van der Waals surface area (Å²) in [6.45, 7) is 9.20. The number of thiazole rings is 2. The van der Waals surface area contributed by atoms with Gasteiger partial charge in [-0.05, 0) is 204 Å². The molecular formula is C76H80N2S10. The van der Waals surface area contributed by atoms with Gasteiger partial charge in [-0.3, -0.25) is 0 Å². The zero-order chi connectivity index (χ0) is 60.0. The molecule has 10 aromatic heterocycles. The number of unbranched alkanes of at least 4 members (excludes halogenated alkanes) is 16. The lowest BCUT2D eigenvalue weighted by molar-refractivity contribution is 0.633. The number of rotatable bonds is 32. The summed E-state index contributed by atoms with van der Waals surface area (Å²) in [4.78, 5) is 29.6. The van der Waals surface area contributed by atoms with E-state index < -0.39 is 0 Å². The maximum atomic E-state index is 5.03. The van der Waals surface area contributed by atoms with Crippen LogP contribution in [-0.4, -0.2) is 9.97 Å². The molecule has 2 aromatic carbocycles. The molecule has 0 bridgehead atoms. The van der Waals surface area contributed by atoms with Crippen molar-refractivity contribution >= 4 is 134 Å². The van der Waals surface area contributed by atoms with Crippen LogP contribution in [0.3, 0.4) is 0 Å². The Morgan fingerprint density at radius 2 is 0.614 bits per heavy atom. The van der Waals surface area contributed by atoms with Crippen LogP contribution in [-0.2, 0) is 25.7 Å². The second-order valence-electron chi connectivity index (χ2n) is 23.4. The fourth-order valence-electron chi connectivity index (χ4n) is 11.8. The van der Waals surface area contributed by atoms with E-state index in [0.29, 0.717) is 0 Å². The standard InChI is InChI=1S/C76H80N2S10/c1-5-9-13-17-21-25-51-43-45-79-73(51)63-37-33-59(81-63)61-35-39-65(83-61)75-55(27-23-19-15-11-7-3)49-67(87-75)53-29-31-57-69(47-53)85-71(77-57)41-42-72-78-58-32-30-54(48-70(58)86-72)68-50-56(28-24-20-16-12-8-4)76(88-68)66-40-36-62(84-66)60-34-38-64(82-60)74-52(44-46-80-74)26-22-18-14-10-6-2/h29-40,43-50H,5-28H2,1-4H3. The van der Waals surface area contributed by atoms with Crippen LogP contribution in [0.4, 0.5) is 0 Å². The third-order valence-electron chi connectivity index (χ3n) is 16.7. The van der Waals surface area contributed by atoms with Crippen LogP contribution < -0.4 is 0 Å². The molecule has 0 saturated heterocycles. The number of aromatic nitrogens is 2. The van der Waals surface area contributed by atoms with Crippen LogP contribution in [0.25, 0.3) is 99.8 Å². The van der Waals surface area contributed by atoms with Gasteiger partial charge in [0.25, 0.3) is 0 Å². The van der Waals surface area contributed by atoms with Crippen molar-refractivity contribution in [1.82, 2.24) is 9.97 Å². The fourth-order valence-corrected chi connectivity index (χ4v) is 22.7. The summed E-state index contributed by atoms with van der Waals surface area (Å²) >= 11 is 19.0. The quantitative estimate of drug-likeness (QED) is 0.0310. The van der Waals surface area contributed by atoms with Crippen molar-refractivity contribution in [2.24, 2.45) is 0 Å². The molecule has 454 valence electrons. The topological polar surface area (TPSA) is 25.8 Å². The Kier molecular flexibility index (Phi) is 22.8. The van der Waals surface area contributed by atoms with Gasteiger partial charge in [-0.25, -0.2) is 9.97 Å². The van der Waals surface area contributed by atoms with Crippen molar-refractivity contribution < 1.29 is 0 Å². The predicted molar refractivity (Wildman–Crippen MR) is 402 cm³/mol. The van der Waals surface area contributed by atoms with E-state index in [0.717, 1.165) is 33.9 Å². The fraction of sp³-hybridized carbons (Fsp3) is 0.368. The second-order valence-corrected chi connectivity index (χ2v) is 33.8. The van der Waals surface area contributed by atoms with Crippen molar-refractivity contribution in [3.8, 4) is 91.2 Å². The number of thiophene rings is 8. The van der Waals surface area contributed by atoms with E-state index in [1.807, 2.05) is 90.7 Å². The van der Waals surface area contributed by atoms with Crippen LogP contribution in [0.5, 0.6) is 0 Å². The minimum absolute atomic E-state index is 0.831. The summed E-state index contributed by atoms with van der Waals surface area (Å²) in [6, 6.07) is 42.3. The van der Waals surface area contributed by atoms with Crippen LogP contribution in [0, 0.1) is 11.8 Å². The molecule has 0 N–H and O–H groups in total. The molecule has 0 aliphatic heterocycles. The Bertz CT molecular complexity index is 3960. The predicted octanol–water partition coefficient (Wildman–Crippen LogP) is 28.2. The Morgan fingerprint density at radius 3 is 0.977 bits per heavy atom. The molecule has 0 radical (unpaired) electrons. The van der Waals surface area contributed by atoms with Crippen LogP contribution in [0.2, 0.25) is 0 Å². The third-order valence-corrected chi connectivity index (χ3v) is 28.4. The lowest BCUT2D eigenvalue weighted by Crippen LogP contribution is -1.85. The average molecular weight is 1340 g/mol. The Morgan fingerprint density at radius 1 is 0.284 bits per heavy atom. The maximum Gasteiger partial charge on any atom is 0.168 e. The zero-order valence-corrected chi connectivity index (χ0v) is 59.7. The third kappa shape index (κ3) is 15.8. The number of benzene rings is 2. The minimum Gasteiger partial charge on any atom is -0.228 e. The number of aryl methyl sites for hydroxylation is 4. The molecule has 0 aliphatic rings. The Labute approximate surface area is 563 Å². The first kappa shape index (κ1) is 63.5. The van der Waals surface area contributed by atoms with Crippen molar-refractivity contribution in [1.29, 1.82) is 0 Å². The molecule has 0 aliphatic carbocycles. The number of fused-ring (bicyclic) bond motifs is 2. The molecule has 10 heterocycles. The molecular weight excluding hydrogens is 1260 g/mol. The summed E-state index contributed by atoms with van der Waals surface area (Å²) in [5.74, 6) is 6.89. The van der Waals surface area contributed by atoms with Crippen molar-refractivity contribution in [2.45, 2.75) is 182 Å². The van der Waals surface area contributed by atoms with Gasteiger partial charge in [0, 0.05) is 68.3 Å².